The predicted octanol–water partition coefficient (Wildman–Crippen LogP) is 10.7. The zero-order valence-electron chi connectivity index (χ0n) is 26.8. The van der Waals surface area contributed by atoms with Gasteiger partial charge in [-0.3, -0.25) is 0 Å². The molecule has 0 amide bonds. The van der Waals surface area contributed by atoms with Crippen LogP contribution < -0.4 is 4.40 Å². The quantitative estimate of drug-likeness (QED) is 0.131. The monoisotopic (exact) mass is 849 g/mol. The number of furan rings is 1. The van der Waals surface area contributed by atoms with Crippen LogP contribution in [0.15, 0.2) is 138 Å². The molecule has 0 aliphatic carbocycles. The van der Waals surface area contributed by atoms with Gasteiger partial charge >= 0.3 is 106 Å². The van der Waals surface area contributed by atoms with Gasteiger partial charge in [0, 0.05) is 31.7 Å². The molecule has 0 spiro atoms. The summed E-state index contributed by atoms with van der Waals surface area (Å²) in [6.45, 7) is 2.19. The van der Waals surface area contributed by atoms with Crippen molar-refractivity contribution in [2.24, 2.45) is 0 Å². The van der Waals surface area contributed by atoms with E-state index >= 15 is 0 Å². The van der Waals surface area contributed by atoms with Gasteiger partial charge in [0.1, 0.15) is 5.58 Å². The van der Waals surface area contributed by atoms with Crippen molar-refractivity contribution in [3.63, 3.8) is 0 Å². The number of aryl methyl sites for hydroxylation is 1. The number of hydrogen-bond donors (Lipinski definition) is 0. The third-order valence-corrected chi connectivity index (χ3v) is 12.8. The molecule has 0 saturated heterocycles. The first-order valence-corrected chi connectivity index (χ1v) is 22.9. The third kappa shape index (κ3) is 6.87. The molecule has 0 aliphatic heterocycles. The molecule has 0 atom stereocenters. The molecule has 5 aromatic carbocycles. The molecule has 3 nitrogen and oxygen atoms in total. The fourth-order valence-corrected chi connectivity index (χ4v) is 9.58. The van der Waals surface area contributed by atoms with Crippen LogP contribution in [0.2, 0.25) is 17.3 Å². The van der Waals surface area contributed by atoms with E-state index in [9.17, 15) is 0 Å². The Morgan fingerprint density at radius 3 is 2.11 bits per heavy atom. The van der Waals surface area contributed by atoms with Crippen LogP contribution in [0.25, 0.3) is 66.4 Å². The standard InChI is InChI=1S/C27H16NO.C15H18GeN.Ir/c1-2-7-18(8-3-1)20-13-14-22-23-11-6-12-24(27(23)29-26(22)16-20)25-15-19-9-4-5-10-21(19)17-28-25;1-12-10-15(13-8-6-5-7-9-13)17-11-14(12)16(2,3)4;/h1-11,13-17H;5-8,10-11H,1-4H3;/q2*-1;. The molecular formula is C42H34GeIrN2O-2. The van der Waals surface area contributed by atoms with Crippen LogP contribution in [0.3, 0.4) is 0 Å². The summed E-state index contributed by atoms with van der Waals surface area (Å²) in [7, 11) is 0. The van der Waals surface area contributed by atoms with E-state index in [4.69, 9.17) is 4.42 Å². The number of pyridine rings is 2. The second-order valence-corrected chi connectivity index (χ2v) is 23.2. The van der Waals surface area contributed by atoms with Crippen molar-refractivity contribution in [3.05, 3.63) is 151 Å². The first kappa shape index (κ1) is 32.6. The molecule has 0 saturated carbocycles. The van der Waals surface area contributed by atoms with Gasteiger partial charge in [-0.25, -0.2) is 0 Å². The summed E-state index contributed by atoms with van der Waals surface area (Å²) < 4.78 is 7.83. The molecule has 0 unspecified atom stereocenters. The molecule has 0 N–H and O–H groups in total. The summed E-state index contributed by atoms with van der Waals surface area (Å²) in [5.41, 5.74) is 9.27. The Bertz CT molecular complexity index is 2310. The van der Waals surface area contributed by atoms with Gasteiger partial charge in [-0.1, -0.05) is 83.7 Å². The van der Waals surface area contributed by atoms with E-state index in [-0.39, 0.29) is 20.1 Å². The van der Waals surface area contributed by atoms with E-state index < -0.39 is 13.3 Å². The summed E-state index contributed by atoms with van der Waals surface area (Å²) >= 11 is -1.77. The van der Waals surface area contributed by atoms with Crippen molar-refractivity contribution in [1.82, 2.24) is 9.97 Å². The van der Waals surface area contributed by atoms with Crippen LogP contribution in [0.5, 0.6) is 0 Å². The average Bonchev–Trinajstić information content (AvgIpc) is 3.47. The average molecular weight is 848 g/mol. The molecule has 233 valence electrons. The Morgan fingerprint density at radius 1 is 0.617 bits per heavy atom. The SMILES string of the molecule is Cc1cc(-c2[c-]cccc2)nc[c]1[Ge]([CH3])([CH3])[CH3].[Ir].[c-]1ccc2c(oc3cc(-c4ccccc4)ccc32)c1-c1cc2ccccc2cn1. The fraction of sp³-hybridized carbons (Fsp3) is 0.0952. The Hall–Kier alpha value is -4.35. The van der Waals surface area contributed by atoms with Crippen molar-refractivity contribution in [3.8, 4) is 33.6 Å². The van der Waals surface area contributed by atoms with E-state index in [0.717, 1.165) is 60.8 Å². The Morgan fingerprint density at radius 2 is 1.36 bits per heavy atom. The van der Waals surface area contributed by atoms with Crippen LogP contribution in [0, 0.1) is 19.1 Å². The van der Waals surface area contributed by atoms with E-state index in [0.29, 0.717) is 0 Å². The van der Waals surface area contributed by atoms with Crippen LogP contribution in [-0.4, -0.2) is 23.2 Å². The molecule has 0 fully saturated rings. The Labute approximate surface area is 292 Å². The van der Waals surface area contributed by atoms with E-state index in [2.05, 4.69) is 131 Å². The van der Waals surface area contributed by atoms with Crippen molar-refractivity contribution in [2.75, 3.05) is 0 Å². The van der Waals surface area contributed by atoms with Gasteiger partial charge in [0.15, 0.2) is 0 Å². The van der Waals surface area contributed by atoms with Gasteiger partial charge in [-0.15, -0.1) is 18.2 Å². The number of benzene rings is 5. The molecule has 5 heteroatoms. The largest absolute Gasteiger partial charge is 0.501 e. The second-order valence-electron chi connectivity index (χ2n) is 12.6. The van der Waals surface area contributed by atoms with Crippen LogP contribution >= 0.6 is 0 Å². The number of aromatic nitrogens is 2. The molecule has 3 heterocycles. The predicted molar refractivity (Wildman–Crippen MR) is 195 cm³/mol. The summed E-state index contributed by atoms with van der Waals surface area (Å²) in [6, 6.07) is 47.9. The topological polar surface area (TPSA) is 38.9 Å². The van der Waals surface area contributed by atoms with Gasteiger partial charge in [0.2, 0.25) is 0 Å². The van der Waals surface area contributed by atoms with Crippen molar-refractivity contribution in [1.29, 1.82) is 0 Å². The molecule has 1 radical (unpaired) electrons. The Kier molecular flexibility index (Phi) is 9.56. The molecule has 0 aliphatic rings. The maximum atomic E-state index is 6.34. The third-order valence-electron chi connectivity index (χ3n) is 8.33. The minimum atomic E-state index is -1.77. The second kappa shape index (κ2) is 13.8. The van der Waals surface area contributed by atoms with Crippen LogP contribution in [0.1, 0.15) is 5.56 Å². The van der Waals surface area contributed by atoms with Gasteiger partial charge in [0.25, 0.3) is 0 Å². The minimum Gasteiger partial charge on any atom is -0.501 e. The molecule has 0 bridgehead atoms. The summed E-state index contributed by atoms with van der Waals surface area (Å²) in [5.74, 6) is 7.20. The van der Waals surface area contributed by atoms with Crippen LogP contribution in [0.4, 0.5) is 0 Å². The first-order valence-electron chi connectivity index (χ1n) is 15.6. The summed E-state index contributed by atoms with van der Waals surface area (Å²) in [6.07, 6.45) is 3.99. The van der Waals surface area contributed by atoms with Gasteiger partial charge in [0.05, 0.1) is 5.58 Å². The number of nitrogens with zero attached hydrogens (tertiary/aromatic N) is 2. The Balaban J connectivity index is 0.000000185. The van der Waals surface area contributed by atoms with Gasteiger partial charge in [-0.05, 0) is 33.7 Å². The van der Waals surface area contributed by atoms with E-state index in [1.54, 1.807) is 0 Å². The number of rotatable bonds is 4. The maximum absolute atomic E-state index is 6.34. The first-order chi connectivity index (χ1) is 22.3. The molecule has 8 rings (SSSR count). The zero-order chi connectivity index (χ0) is 31.7. The maximum Gasteiger partial charge on any atom is 0.121 e. The minimum absolute atomic E-state index is 0. The van der Waals surface area contributed by atoms with Crippen LogP contribution in [-0.2, 0) is 20.1 Å². The molecule has 8 aromatic rings. The summed E-state index contributed by atoms with van der Waals surface area (Å²) in [5, 5.41) is 4.48. The number of fused-ring (bicyclic) bond motifs is 4. The zero-order valence-corrected chi connectivity index (χ0v) is 31.3. The summed E-state index contributed by atoms with van der Waals surface area (Å²) in [4.78, 5) is 9.26. The van der Waals surface area contributed by atoms with E-state index in [1.165, 1.54) is 15.5 Å². The smallest absolute Gasteiger partial charge is 0.121 e. The number of hydrogen-bond acceptors (Lipinski definition) is 3. The van der Waals surface area contributed by atoms with Crippen molar-refractivity contribution >= 4 is 50.4 Å². The van der Waals surface area contributed by atoms with Gasteiger partial charge in [-0.2, -0.15) is 0 Å². The van der Waals surface area contributed by atoms with Gasteiger partial charge < -0.3 is 9.40 Å². The van der Waals surface area contributed by atoms with Crippen molar-refractivity contribution in [2.45, 2.75) is 24.2 Å². The normalized spacial score (nSPS) is 11.2. The van der Waals surface area contributed by atoms with E-state index in [1.807, 2.05) is 48.7 Å². The molecule has 3 aromatic heterocycles. The molecule has 47 heavy (non-hydrogen) atoms. The fourth-order valence-electron chi connectivity index (χ4n) is 6.00. The molecular weight excluding hydrogens is 813 g/mol. The van der Waals surface area contributed by atoms with Crippen molar-refractivity contribution < 1.29 is 24.5 Å².